The molecule has 0 saturated heterocycles. The van der Waals surface area contributed by atoms with Gasteiger partial charge in [-0.3, -0.25) is 19.0 Å². The molecular formula is C16H18ClN3O3S. The Morgan fingerprint density at radius 3 is 2.67 bits per heavy atom. The van der Waals surface area contributed by atoms with Crippen LogP contribution < -0.4 is 10.2 Å². The first-order valence-corrected chi connectivity index (χ1v) is 8.42. The highest BCUT2D eigenvalue weighted by atomic mass is 35.5. The van der Waals surface area contributed by atoms with Crippen LogP contribution in [0.2, 0.25) is 5.02 Å². The van der Waals surface area contributed by atoms with E-state index in [1.54, 1.807) is 39.2 Å². The lowest BCUT2D eigenvalue weighted by molar-refractivity contribution is -0.129. The van der Waals surface area contributed by atoms with Crippen molar-refractivity contribution in [3.8, 4) is 0 Å². The van der Waals surface area contributed by atoms with Gasteiger partial charge in [-0.1, -0.05) is 35.1 Å². The maximum Gasteiger partial charge on any atom is 0.308 e. The largest absolute Gasteiger partial charge is 0.347 e. The van der Waals surface area contributed by atoms with E-state index in [2.05, 4.69) is 5.32 Å². The van der Waals surface area contributed by atoms with Crippen LogP contribution in [-0.2, 0) is 17.9 Å². The van der Waals surface area contributed by atoms with E-state index in [-0.39, 0.29) is 23.2 Å². The highest BCUT2D eigenvalue weighted by Crippen LogP contribution is 2.13. The first-order chi connectivity index (χ1) is 11.3. The molecule has 0 bridgehead atoms. The Morgan fingerprint density at radius 1 is 1.33 bits per heavy atom. The Hall–Kier alpha value is -2.12. The summed E-state index contributed by atoms with van der Waals surface area (Å²) in [5.74, 6) is -0.547. The van der Waals surface area contributed by atoms with Crippen molar-refractivity contribution in [2.24, 2.45) is 0 Å². The number of aromatic nitrogens is 1. The number of benzene rings is 1. The molecule has 8 heteroatoms. The summed E-state index contributed by atoms with van der Waals surface area (Å²) >= 11 is 6.75. The number of nitrogens with one attached hydrogen (secondary N) is 1. The van der Waals surface area contributed by atoms with Crippen molar-refractivity contribution in [3.63, 3.8) is 0 Å². The SMILES string of the molecule is Cc1c(C(=O)NCc2cccc(Cl)c2)sc(=O)n1CC(=O)N(C)C. The van der Waals surface area contributed by atoms with Crippen LogP contribution >= 0.6 is 22.9 Å². The van der Waals surface area contributed by atoms with Gasteiger partial charge in [0.05, 0.1) is 0 Å². The lowest BCUT2D eigenvalue weighted by atomic mass is 10.2. The smallest absolute Gasteiger partial charge is 0.308 e. The van der Waals surface area contributed by atoms with Crippen LogP contribution in [0, 0.1) is 6.92 Å². The first kappa shape index (κ1) is 18.2. The standard InChI is InChI=1S/C16H18ClN3O3S/c1-10-14(24-16(23)20(10)9-13(21)19(2)3)15(22)18-8-11-5-4-6-12(17)7-11/h4-7H,8-9H2,1-3H3,(H,18,22). The minimum Gasteiger partial charge on any atom is -0.347 e. The van der Waals surface area contributed by atoms with Gasteiger partial charge in [-0.25, -0.2) is 0 Å². The van der Waals surface area contributed by atoms with Crippen molar-refractivity contribution in [1.29, 1.82) is 0 Å². The summed E-state index contributed by atoms with van der Waals surface area (Å²) in [6, 6.07) is 7.17. The highest BCUT2D eigenvalue weighted by Gasteiger charge is 2.19. The Balaban J connectivity index is 2.13. The van der Waals surface area contributed by atoms with Crippen molar-refractivity contribution >= 4 is 34.8 Å². The van der Waals surface area contributed by atoms with Crippen molar-refractivity contribution in [2.75, 3.05) is 14.1 Å². The average molecular weight is 368 g/mol. The van der Waals surface area contributed by atoms with Crippen LogP contribution in [0.4, 0.5) is 0 Å². The number of carbonyl (C=O) groups is 2. The topological polar surface area (TPSA) is 71.4 Å². The summed E-state index contributed by atoms with van der Waals surface area (Å²) in [5.41, 5.74) is 1.35. The van der Waals surface area contributed by atoms with Gasteiger partial charge in [-0.2, -0.15) is 0 Å². The van der Waals surface area contributed by atoms with Gasteiger partial charge >= 0.3 is 4.87 Å². The summed E-state index contributed by atoms with van der Waals surface area (Å²) in [6.45, 7) is 1.90. The molecule has 0 atom stereocenters. The minimum absolute atomic E-state index is 0.0737. The number of rotatable bonds is 5. The average Bonchev–Trinajstić information content (AvgIpc) is 2.80. The normalized spacial score (nSPS) is 10.5. The Bertz CT molecular complexity index is 826. The molecule has 0 aliphatic carbocycles. The molecule has 6 nitrogen and oxygen atoms in total. The molecule has 0 radical (unpaired) electrons. The second-order valence-electron chi connectivity index (χ2n) is 5.47. The van der Waals surface area contributed by atoms with Gasteiger partial charge in [-0.15, -0.1) is 0 Å². The fourth-order valence-corrected chi connectivity index (χ4v) is 3.18. The summed E-state index contributed by atoms with van der Waals surface area (Å²) in [6.07, 6.45) is 0. The fourth-order valence-electron chi connectivity index (χ4n) is 2.06. The molecule has 0 saturated carbocycles. The second kappa shape index (κ2) is 7.63. The summed E-state index contributed by atoms with van der Waals surface area (Å²) in [7, 11) is 3.24. The lowest BCUT2D eigenvalue weighted by Crippen LogP contribution is -2.30. The van der Waals surface area contributed by atoms with Crippen molar-refractivity contribution in [1.82, 2.24) is 14.8 Å². The summed E-state index contributed by atoms with van der Waals surface area (Å²) in [5, 5.41) is 3.36. The zero-order chi connectivity index (χ0) is 17.9. The Labute approximate surface area is 148 Å². The van der Waals surface area contributed by atoms with Crippen LogP contribution in [0.5, 0.6) is 0 Å². The van der Waals surface area contributed by atoms with Crippen LogP contribution in [-0.4, -0.2) is 35.4 Å². The van der Waals surface area contributed by atoms with Crippen LogP contribution in [0.1, 0.15) is 20.9 Å². The van der Waals surface area contributed by atoms with E-state index in [0.717, 1.165) is 16.9 Å². The number of halogens is 1. The number of hydrogen-bond donors (Lipinski definition) is 1. The molecule has 1 aromatic carbocycles. The fraction of sp³-hybridized carbons (Fsp3) is 0.312. The highest BCUT2D eigenvalue weighted by molar-refractivity contribution is 7.11. The van der Waals surface area contributed by atoms with E-state index >= 15 is 0 Å². The zero-order valence-electron chi connectivity index (χ0n) is 13.6. The molecular weight excluding hydrogens is 350 g/mol. The third kappa shape index (κ3) is 4.24. The number of nitrogens with zero attached hydrogens (tertiary/aromatic N) is 2. The molecule has 0 aliphatic rings. The Kier molecular flexibility index (Phi) is 5.80. The number of amides is 2. The maximum absolute atomic E-state index is 12.3. The molecule has 1 N–H and O–H groups in total. The molecule has 24 heavy (non-hydrogen) atoms. The van der Waals surface area contributed by atoms with Crippen LogP contribution in [0.3, 0.4) is 0 Å². The number of carbonyl (C=O) groups excluding carboxylic acids is 2. The predicted octanol–water partition coefficient (Wildman–Crippen LogP) is 1.89. The van der Waals surface area contributed by atoms with Gasteiger partial charge in [0, 0.05) is 31.4 Å². The van der Waals surface area contributed by atoms with E-state index in [9.17, 15) is 14.4 Å². The third-order valence-corrected chi connectivity index (χ3v) is 4.80. The van der Waals surface area contributed by atoms with Gasteiger partial charge in [0.2, 0.25) is 5.91 Å². The molecule has 2 amide bonds. The van der Waals surface area contributed by atoms with Crippen molar-refractivity contribution < 1.29 is 9.59 Å². The maximum atomic E-state index is 12.3. The summed E-state index contributed by atoms with van der Waals surface area (Å²) in [4.78, 5) is 37.6. The van der Waals surface area contributed by atoms with E-state index < -0.39 is 0 Å². The number of likely N-dealkylation sites (N-methyl/N-ethyl adjacent to an activating group) is 1. The van der Waals surface area contributed by atoms with Gasteiger partial charge in [0.1, 0.15) is 11.4 Å². The van der Waals surface area contributed by atoms with E-state index in [0.29, 0.717) is 22.1 Å². The van der Waals surface area contributed by atoms with Crippen molar-refractivity contribution in [3.05, 3.63) is 55.1 Å². The molecule has 128 valence electrons. The monoisotopic (exact) mass is 367 g/mol. The quantitative estimate of drug-likeness (QED) is 0.877. The van der Waals surface area contributed by atoms with E-state index in [4.69, 9.17) is 11.6 Å². The van der Waals surface area contributed by atoms with E-state index in [1.165, 1.54) is 9.47 Å². The van der Waals surface area contributed by atoms with Gasteiger partial charge in [0.15, 0.2) is 0 Å². The van der Waals surface area contributed by atoms with Crippen LogP contribution in [0.25, 0.3) is 0 Å². The van der Waals surface area contributed by atoms with Gasteiger partial charge in [0.25, 0.3) is 5.91 Å². The number of thiazole rings is 1. The minimum atomic E-state index is -0.342. The summed E-state index contributed by atoms with van der Waals surface area (Å²) < 4.78 is 1.32. The zero-order valence-corrected chi connectivity index (χ0v) is 15.2. The molecule has 1 aromatic heterocycles. The predicted molar refractivity (Wildman–Crippen MR) is 94.6 cm³/mol. The number of hydrogen-bond acceptors (Lipinski definition) is 4. The Morgan fingerprint density at radius 2 is 2.04 bits per heavy atom. The lowest BCUT2D eigenvalue weighted by Gasteiger charge is -2.11. The van der Waals surface area contributed by atoms with Crippen molar-refractivity contribution in [2.45, 2.75) is 20.0 Å². The molecule has 0 unspecified atom stereocenters. The van der Waals surface area contributed by atoms with Gasteiger partial charge < -0.3 is 10.2 Å². The van der Waals surface area contributed by atoms with Gasteiger partial charge in [-0.05, 0) is 24.6 Å². The molecule has 0 spiro atoms. The molecule has 0 fully saturated rings. The van der Waals surface area contributed by atoms with Crippen LogP contribution in [0.15, 0.2) is 29.1 Å². The third-order valence-electron chi connectivity index (χ3n) is 3.48. The second-order valence-corrected chi connectivity index (χ2v) is 6.87. The first-order valence-electron chi connectivity index (χ1n) is 7.22. The molecule has 2 rings (SSSR count). The van der Waals surface area contributed by atoms with E-state index in [1.807, 2.05) is 6.07 Å². The molecule has 0 aliphatic heterocycles. The molecule has 1 heterocycles. The molecule has 2 aromatic rings.